The van der Waals surface area contributed by atoms with Gasteiger partial charge in [0.2, 0.25) is 0 Å². The van der Waals surface area contributed by atoms with E-state index in [2.05, 4.69) is 31.9 Å². The average Bonchev–Trinajstić information content (AvgIpc) is 2.87. The second-order valence-corrected chi connectivity index (χ2v) is 5.12. The lowest BCUT2D eigenvalue weighted by molar-refractivity contribution is 0.251. The highest BCUT2D eigenvalue weighted by atomic mass is 16.2. The summed E-state index contributed by atoms with van der Waals surface area (Å²) in [6.45, 7) is 2.48. The van der Waals surface area contributed by atoms with Crippen LogP contribution in [0, 0.1) is 6.92 Å². The molecule has 0 saturated heterocycles. The third kappa shape index (κ3) is 1.92. The first-order valence-corrected chi connectivity index (χ1v) is 6.69. The maximum Gasteiger partial charge on any atom is 0.319 e. The van der Waals surface area contributed by atoms with E-state index in [9.17, 15) is 4.79 Å². The van der Waals surface area contributed by atoms with Crippen molar-refractivity contribution >= 4 is 22.6 Å². The molecule has 6 nitrogen and oxygen atoms in total. The Bertz CT molecular complexity index is 868. The van der Waals surface area contributed by atoms with E-state index in [1.165, 1.54) is 0 Å². The number of pyridine rings is 1. The number of carbonyl (C=O) groups excluding carboxylic acids is 1. The van der Waals surface area contributed by atoms with Crippen LogP contribution >= 0.6 is 0 Å². The smallest absolute Gasteiger partial charge is 0.319 e. The van der Waals surface area contributed by atoms with E-state index in [4.69, 9.17) is 0 Å². The second-order valence-electron chi connectivity index (χ2n) is 5.12. The molecule has 1 aromatic carbocycles. The van der Waals surface area contributed by atoms with Crippen molar-refractivity contribution in [2.24, 2.45) is 0 Å². The molecule has 2 aromatic heterocycles. The number of hydrogen-bond acceptors (Lipinski definition) is 3. The molecule has 3 N–H and O–H groups in total. The third-order valence-electron chi connectivity index (χ3n) is 3.64. The van der Waals surface area contributed by atoms with Gasteiger partial charge in [-0.15, -0.1) is 0 Å². The molecule has 0 saturated carbocycles. The fraction of sp³-hybridized carbons (Fsp3) is 0.133. The standard InChI is InChI=1S/C15H13N5O/c1-8-4-9(2-3-16-8)14-11-5-10-7-17-15(21)18-12(10)6-13(11)19-20-14/h2-6H,7H2,1H3,(H,19,20)(H2,17,18,21). The largest absolute Gasteiger partial charge is 0.334 e. The van der Waals surface area contributed by atoms with E-state index in [-0.39, 0.29) is 6.03 Å². The van der Waals surface area contributed by atoms with Crippen LogP contribution in [0.2, 0.25) is 0 Å². The van der Waals surface area contributed by atoms with Crippen molar-refractivity contribution in [1.29, 1.82) is 0 Å². The number of carbonyl (C=O) groups is 1. The van der Waals surface area contributed by atoms with Crippen molar-refractivity contribution in [1.82, 2.24) is 20.5 Å². The fourth-order valence-corrected chi connectivity index (χ4v) is 2.63. The molecule has 21 heavy (non-hydrogen) atoms. The zero-order valence-corrected chi connectivity index (χ0v) is 11.4. The summed E-state index contributed by atoms with van der Waals surface area (Å²) >= 11 is 0. The third-order valence-corrected chi connectivity index (χ3v) is 3.64. The Balaban J connectivity index is 1.90. The minimum Gasteiger partial charge on any atom is -0.334 e. The van der Waals surface area contributed by atoms with Gasteiger partial charge in [-0.25, -0.2) is 4.79 Å². The summed E-state index contributed by atoms with van der Waals surface area (Å²) in [5.41, 5.74) is 5.66. The van der Waals surface area contributed by atoms with E-state index in [1.54, 1.807) is 6.20 Å². The van der Waals surface area contributed by atoms with Gasteiger partial charge in [0.05, 0.1) is 5.52 Å². The van der Waals surface area contributed by atoms with E-state index < -0.39 is 0 Å². The molecule has 1 aliphatic heterocycles. The van der Waals surface area contributed by atoms with Crippen LogP contribution in [0.25, 0.3) is 22.2 Å². The molecule has 1 aliphatic rings. The second kappa shape index (κ2) is 4.31. The molecule has 0 bridgehead atoms. The quantitative estimate of drug-likeness (QED) is 0.640. The normalized spacial score (nSPS) is 13.7. The number of nitrogens with zero attached hydrogens (tertiary/aromatic N) is 2. The Labute approximate surface area is 120 Å². The predicted octanol–water partition coefficient (Wildman–Crippen LogP) is 2.57. The SMILES string of the molecule is Cc1cc(-c2n[nH]c3cc4c(cc23)CNC(=O)N4)ccn1. The first kappa shape index (κ1) is 11.9. The van der Waals surface area contributed by atoms with Crippen molar-refractivity contribution in [2.45, 2.75) is 13.5 Å². The Morgan fingerprint density at radius 2 is 2.14 bits per heavy atom. The summed E-state index contributed by atoms with van der Waals surface area (Å²) in [6.07, 6.45) is 1.78. The Hall–Kier alpha value is -2.89. The van der Waals surface area contributed by atoms with Gasteiger partial charge < -0.3 is 10.6 Å². The highest BCUT2D eigenvalue weighted by Crippen LogP contribution is 2.31. The number of H-pyrrole nitrogens is 1. The number of nitrogens with one attached hydrogen (secondary N) is 3. The molecule has 6 heteroatoms. The molecule has 3 aromatic rings. The number of aromatic amines is 1. The zero-order chi connectivity index (χ0) is 14.4. The average molecular weight is 279 g/mol. The summed E-state index contributed by atoms with van der Waals surface area (Å²) in [5, 5.41) is 14.1. The zero-order valence-electron chi connectivity index (χ0n) is 11.4. The van der Waals surface area contributed by atoms with Crippen molar-refractivity contribution in [3.8, 4) is 11.3 Å². The first-order chi connectivity index (χ1) is 10.2. The Morgan fingerprint density at radius 3 is 3.00 bits per heavy atom. The maximum atomic E-state index is 11.4. The van der Waals surface area contributed by atoms with E-state index in [1.807, 2.05) is 25.1 Å². The summed E-state index contributed by atoms with van der Waals surface area (Å²) < 4.78 is 0. The van der Waals surface area contributed by atoms with Crippen LogP contribution in [0.5, 0.6) is 0 Å². The number of hydrogen-bond donors (Lipinski definition) is 3. The van der Waals surface area contributed by atoms with Crippen molar-refractivity contribution < 1.29 is 4.79 Å². The Morgan fingerprint density at radius 1 is 1.24 bits per heavy atom. The van der Waals surface area contributed by atoms with Crippen molar-refractivity contribution in [2.75, 3.05) is 5.32 Å². The van der Waals surface area contributed by atoms with Gasteiger partial charge in [-0.05, 0) is 36.8 Å². The van der Waals surface area contributed by atoms with Crippen LogP contribution in [0.4, 0.5) is 10.5 Å². The summed E-state index contributed by atoms with van der Waals surface area (Å²) in [6, 6.07) is 7.77. The summed E-state index contributed by atoms with van der Waals surface area (Å²) in [7, 11) is 0. The maximum absolute atomic E-state index is 11.4. The molecular weight excluding hydrogens is 266 g/mol. The van der Waals surface area contributed by atoms with Crippen LogP contribution in [0.3, 0.4) is 0 Å². The topological polar surface area (TPSA) is 82.7 Å². The van der Waals surface area contributed by atoms with Crippen LogP contribution < -0.4 is 10.6 Å². The molecule has 2 amide bonds. The van der Waals surface area contributed by atoms with E-state index in [0.29, 0.717) is 6.54 Å². The molecular formula is C15H13N5O. The lowest BCUT2D eigenvalue weighted by Crippen LogP contribution is -2.33. The highest BCUT2D eigenvalue weighted by Gasteiger charge is 2.17. The number of benzene rings is 1. The minimum atomic E-state index is -0.175. The van der Waals surface area contributed by atoms with Crippen LogP contribution in [0.15, 0.2) is 30.5 Å². The number of anilines is 1. The molecule has 0 fully saturated rings. The molecule has 0 atom stereocenters. The molecule has 4 rings (SSSR count). The van der Waals surface area contributed by atoms with Gasteiger partial charge >= 0.3 is 6.03 Å². The van der Waals surface area contributed by atoms with Gasteiger partial charge in [0, 0.05) is 35.1 Å². The molecule has 104 valence electrons. The highest BCUT2D eigenvalue weighted by molar-refractivity contribution is 5.99. The Kier molecular flexibility index (Phi) is 2.44. The number of fused-ring (bicyclic) bond motifs is 2. The number of amides is 2. The molecule has 3 heterocycles. The van der Waals surface area contributed by atoms with Crippen molar-refractivity contribution in [3.63, 3.8) is 0 Å². The monoisotopic (exact) mass is 279 g/mol. The summed E-state index contributed by atoms with van der Waals surface area (Å²) in [5.74, 6) is 0. The van der Waals surface area contributed by atoms with Crippen LogP contribution in [-0.2, 0) is 6.54 Å². The molecule has 0 aliphatic carbocycles. The number of urea groups is 1. The van der Waals surface area contributed by atoms with E-state index in [0.717, 1.165) is 39.1 Å². The van der Waals surface area contributed by atoms with Gasteiger partial charge in [0.1, 0.15) is 5.69 Å². The van der Waals surface area contributed by atoms with Gasteiger partial charge in [-0.1, -0.05) is 0 Å². The van der Waals surface area contributed by atoms with Gasteiger partial charge in [0.15, 0.2) is 0 Å². The number of aromatic nitrogens is 3. The predicted molar refractivity (Wildman–Crippen MR) is 79.9 cm³/mol. The van der Waals surface area contributed by atoms with Gasteiger partial charge in [0.25, 0.3) is 0 Å². The van der Waals surface area contributed by atoms with Crippen LogP contribution in [0.1, 0.15) is 11.3 Å². The minimum absolute atomic E-state index is 0.175. The molecule has 0 spiro atoms. The molecule has 0 unspecified atom stereocenters. The first-order valence-electron chi connectivity index (χ1n) is 6.69. The lowest BCUT2D eigenvalue weighted by Gasteiger charge is -2.18. The molecule has 0 radical (unpaired) electrons. The van der Waals surface area contributed by atoms with E-state index >= 15 is 0 Å². The summed E-state index contributed by atoms with van der Waals surface area (Å²) in [4.78, 5) is 15.6. The van der Waals surface area contributed by atoms with Crippen molar-refractivity contribution in [3.05, 3.63) is 41.7 Å². The number of aryl methyl sites for hydroxylation is 1. The fourth-order valence-electron chi connectivity index (χ4n) is 2.63. The van der Waals surface area contributed by atoms with Gasteiger partial charge in [-0.3, -0.25) is 10.1 Å². The van der Waals surface area contributed by atoms with Crippen LogP contribution in [-0.4, -0.2) is 21.2 Å². The lowest BCUT2D eigenvalue weighted by atomic mass is 10.0. The number of rotatable bonds is 1. The van der Waals surface area contributed by atoms with Gasteiger partial charge in [-0.2, -0.15) is 5.10 Å².